The van der Waals surface area contributed by atoms with Crippen molar-refractivity contribution in [2.45, 2.75) is 0 Å². The highest BCUT2D eigenvalue weighted by Gasteiger charge is 2.12. The molecular weight excluding hydrogens is 402 g/mol. The summed E-state index contributed by atoms with van der Waals surface area (Å²) in [4.78, 5) is 27.2. The Morgan fingerprint density at radius 3 is 2.22 bits per heavy atom. The molecule has 0 spiro atoms. The van der Waals surface area contributed by atoms with Crippen LogP contribution in [0.15, 0.2) is 78.9 Å². The summed E-state index contributed by atoms with van der Waals surface area (Å²) >= 11 is 0. The van der Waals surface area contributed by atoms with Gasteiger partial charge in [0.2, 0.25) is 0 Å². The predicted octanol–water partition coefficient (Wildman–Crippen LogP) is 4.25. The average Bonchev–Trinajstić information content (AvgIpc) is 2.85. The molecule has 1 aliphatic heterocycles. The fourth-order valence-electron chi connectivity index (χ4n) is 3.48. The van der Waals surface area contributed by atoms with Crippen LogP contribution >= 0.6 is 0 Å². The SMILES string of the molecule is Nc1ccccc1NC(=O)c1ccc(/C=C/C(=O)c2ccc(N3CCOCC3)cc2)cc1. The molecule has 162 valence electrons. The van der Waals surface area contributed by atoms with E-state index < -0.39 is 0 Å². The molecule has 1 saturated heterocycles. The number of amides is 1. The van der Waals surface area contributed by atoms with Crippen molar-refractivity contribution < 1.29 is 14.3 Å². The summed E-state index contributed by atoms with van der Waals surface area (Å²) in [5, 5.41) is 2.80. The van der Waals surface area contributed by atoms with Crippen molar-refractivity contribution in [2.24, 2.45) is 0 Å². The Morgan fingerprint density at radius 1 is 0.875 bits per heavy atom. The maximum absolute atomic E-state index is 12.5. The Morgan fingerprint density at radius 2 is 1.53 bits per heavy atom. The number of nitrogens with one attached hydrogen (secondary N) is 1. The van der Waals surface area contributed by atoms with Crippen LogP contribution < -0.4 is 16.0 Å². The lowest BCUT2D eigenvalue weighted by Crippen LogP contribution is -2.36. The van der Waals surface area contributed by atoms with E-state index >= 15 is 0 Å². The van der Waals surface area contributed by atoms with Crippen molar-refractivity contribution in [1.82, 2.24) is 0 Å². The van der Waals surface area contributed by atoms with Crippen molar-refractivity contribution in [3.8, 4) is 0 Å². The zero-order chi connectivity index (χ0) is 22.3. The predicted molar refractivity (Wildman–Crippen MR) is 128 cm³/mol. The fourth-order valence-corrected chi connectivity index (χ4v) is 3.48. The van der Waals surface area contributed by atoms with Crippen molar-refractivity contribution in [3.63, 3.8) is 0 Å². The molecule has 1 fully saturated rings. The molecule has 1 heterocycles. The summed E-state index contributed by atoms with van der Waals surface area (Å²) < 4.78 is 5.38. The Kier molecular flexibility index (Phi) is 6.63. The quantitative estimate of drug-likeness (QED) is 0.349. The second kappa shape index (κ2) is 9.94. The fraction of sp³-hybridized carbons (Fsp3) is 0.154. The van der Waals surface area contributed by atoms with E-state index in [9.17, 15) is 9.59 Å². The van der Waals surface area contributed by atoms with Gasteiger partial charge in [-0.15, -0.1) is 0 Å². The first-order chi connectivity index (χ1) is 15.6. The second-order valence-electron chi connectivity index (χ2n) is 7.51. The van der Waals surface area contributed by atoms with Gasteiger partial charge in [0.05, 0.1) is 24.6 Å². The van der Waals surface area contributed by atoms with Crippen molar-refractivity contribution in [2.75, 3.05) is 42.3 Å². The number of allylic oxidation sites excluding steroid dienone is 1. The normalized spacial score (nSPS) is 13.8. The van der Waals surface area contributed by atoms with E-state index in [-0.39, 0.29) is 11.7 Å². The zero-order valence-corrected chi connectivity index (χ0v) is 17.7. The van der Waals surface area contributed by atoms with Crippen molar-refractivity contribution in [3.05, 3.63) is 95.6 Å². The minimum absolute atomic E-state index is 0.0695. The van der Waals surface area contributed by atoms with Crippen LogP contribution in [0.1, 0.15) is 26.3 Å². The minimum atomic E-state index is -0.241. The van der Waals surface area contributed by atoms with Crippen LogP contribution in [0.4, 0.5) is 17.1 Å². The topological polar surface area (TPSA) is 84.7 Å². The first-order valence-electron chi connectivity index (χ1n) is 10.5. The van der Waals surface area contributed by atoms with Crippen LogP contribution in [0, 0.1) is 0 Å². The second-order valence-corrected chi connectivity index (χ2v) is 7.51. The molecule has 3 N–H and O–H groups in total. The third-order valence-electron chi connectivity index (χ3n) is 5.34. The summed E-state index contributed by atoms with van der Waals surface area (Å²) in [6.45, 7) is 3.17. The number of benzene rings is 3. The van der Waals surface area contributed by atoms with Gasteiger partial charge < -0.3 is 20.7 Å². The van der Waals surface area contributed by atoms with E-state index in [1.165, 1.54) is 0 Å². The van der Waals surface area contributed by atoms with Gasteiger partial charge in [-0.25, -0.2) is 0 Å². The number of nitrogen functional groups attached to an aromatic ring is 1. The number of anilines is 3. The number of ketones is 1. The molecule has 1 amide bonds. The summed E-state index contributed by atoms with van der Waals surface area (Å²) in [5.41, 5.74) is 10.0. The largest absolute Gasteiger partial charge is 0.397 e. The summed E-state index contributed by atoms with van der Waals surface area (Å²) in [7, 11) is 0. The van der Waals surface area contributed by atoms with Gasteiger partial charge in [-0.05, 0) is 60.2 Å². The number of nitrogens with two attached hydrogens (primary N) is 1. The van der Waals surface area contributed by atoms with Crippen molar-refractivity contribution in [1.29, 1.82) is 0 Å². The van der Waals surface area contributed by atoms with Gasteiger partial charge in [-0.3, -0.25) is 9.59 Å². The lowest BCUT2D eigenvalue weighted by Gasteiger charge is -2.28. The van der Waals surface area contributed by atoms with Crippen LogP contribution in [-0.4, -0.2) is 38.0 Å². The van der Waals surface area contributed by atoms with Gasteiger partial charge in [-0.1, -0.05) is 30.3 Å². The number of morpholine rings is 1. The first-order valence-corrected chi connectivity index (χ1v) is 10.5. The molecule has 0 bridgehead atoms. The monoisotopic (exact) mass is 427 g/mol. The number of para-hydroxylation sites is 2. The number of carbonyl (C=O) groups excluding carboxylic acids is 2. The third-order valence-corrected chi connectivity index (χ3v) is 5.34. The first kappa shape index (κ1) is 21.3. The molecule has 0 aliphatic carbocycles. The van der Waals surface area contributed by atoms with Gasteiger partial charge in [0.15, 0.2) is 5.78 Å². The number of ether oxygens (including phenoxy) is 1. The van der Waals surface area contributed by atoms with E-state index in [4.69, 9.17) is 10.5 Å². The molecule has 1 aliphatic rings. The van der Waals surface area contributed by atoms with E-state index in [0.717, 1.165) is 37.6 Å². The van der Waals surface area contributed by atoms with E-state index in [1.807, 2.05) is 36.4 Å². The number of rotatable bonds is 6. The molecule has 0 aromatic heterocycles. The molecular formula is C26H25N3O3. The molecule has 3 aromatic rings. The highest BCUT2D eigenvalue weighted by Crippen LogP contribution is 2.19. The Hall–Kier alpha value is -3.90. The Bertz CT molecular complexity index is 1120. The number of nitrogens with zero attached hydrogens (tertiary/aromatic N) is 1. The number of hydrogen-bond donors (Lipinski definition) is 2. The van der Waals surface area contributed by atoms with Crippen LogP contribution in [0.25, 0.3) is 6.08 Å². The highest BCUT2D eigenvalue weighted by atomic mass is 16.5. The molecule has 0 radical (unpaired) electrons. The highest BCUT2D eigenvalue weighted by molar-refractivity contribution is 6.07. The lowest BCUT2D eigenvalue weighted by molar-refractivity contribution is 0.102. The maximum Gasteiger partial charge on any atom is 0.255 e. The van der Waals surface area contributed by atoms with E-state index in [2.05, 4.69) is 10.2 Å². The zero-order valence-electron chi connectivity index (χ0n) is 17.7. The summed E-state index contributed by atoms with van der Waals surface area (Å²) in [6.07, 6.45) is 3.29. The average molecular weight is 428 g/mol. The minimum Gasteiger partial charge on any atom is -0.397 e. The van der Waals surface area contributed by atoms with Gasteiger partial charge in [0, 0.05) is 29.9 Å². The van der Waals surface area contributed by atoms with E-state index in [1.54, 1.807) is 48.6 Å². The number of carbonyl (C=O) groups is 2. The molecule has 32 heavy (non-hydrogen) atoms. The van der Waals surface area contributed by atoms with Gasteiger partial charge >= 0.3 is 0 Å². The van der Waals surface area contributed by atoms with Crippen LogP contribution in [0.5, 0.6) is 0 Å². The maximum atomic E-state index is 12.5. The molecule has 0 saturated carbocycles. The van der Waals surface area contributed by atoms with Gasteiger partial charge in [-0.2, -0.15) is 0 Å². The lowest BCUT2D eigenvalue weighted by atomic mass is 10.1. The molecule has 6 nitrogen and oxygen atoms in total. The standard InChI is InChI=1S/C26H25N3O3/c27-23-3-1-2-4-24(23)28-26(31)21-8-5-19(6-9-21)7-14-25(30)20-10-12-22(13-11-20)29-15-17-32-18-16-29/h1-14H,15-18,27H2,(H,28,31)/b14-7+. The van der Waals surface area contributed by atoms with Crippen molar-refractivity contribution >= 4 is 34.8 Å². The van der Waals surface area contributed by atoms with Gasteiger partial charge in [0.25, 0.3) is 5.91 Å². The van der Waals surface area contributed by atoms with Crippen LogP contribution in [-0.2, 0) is 4.74 Å². The molecule has 0 atom stereocenters. The molecule has 0 unspecified atom stereocenters. The Labute approximate surface area is 187 Å². The molecule has 6 heteroatoms. The number of hydrogen-bond acceptors (Lipinski definition) is 5. The smallest absolute Gasteiger partial charge is 0.255 e. The van der Waals surface area contributed by atoms with E-state index in [0.29, 0.717) is 22.5 Å². The summed E-state index contributed by atoms with van der Waals surface area (Å²) in [5.74, 6) is -0.310. The summed E-state index contributed by atoms with van der Waals surface area (Å²) in [6, 6.07) is 21.8. The van der Waals surface area contributed by atoms with Gasteiger partial charge in [0.1, 0.15) is 0 Å². The molecule has 3 aromatic carbocycles. The third kappa shape index (κ3) is 5.22. The van der Waals surface area contributed by atoms with Crippen LogP contribution in [0.2, 0.25) is 0 Å². The molecule has 4 rings (SSSR count). The Balaban J connectivity index is 1.36. The van der Waals surface area contributed by atoms with Crippen LogP contribution in [0.3, 0.4) is 0 Å².